The Morgan fingerprint density at radius 2 is 2.06 bits per heavy atom. The predicted molar refractivity (Wildman–Crippen MR) is 72.9 cm³/mol. The Kier molecular flexibility index (Phi) is 3.87. The van der Waals surface area contributed by atoms with Gasteiger partial charge >= 0.3 is 0 Å². The van der Waals surface area contributed by atoms with E-state index < -0.39 is 0 Å². The topological polar surface area (TPSA) is 39.1 Å². The van der Waals surface area contributed by atoms with Gasteiger partial charge in [-0.15, -0.1) is 0 Å². The lowest BCUT2D eigenvalue weighted by Crippen LogP contribution is -2.10. The van der Waals surface area contributed by atoms with E-state index in [2.05, 4.69) is 30.3 Å². The number of para-hydroxylation sites is 1. The highest BCUT2D eigenvalue weighted by Crippen LogP contribution is 2.20. The Morgan fingerprint density at radius 1 is 1.28 bits per heavy atom. The van der Waals surface area contributed by atoms with Crippen LogP contribution < -0.4 is 10.1 Å². The van der Waals surface area contributed by atoms with Gasteiger partial charge in [-0.1, -0.05) is 18.2 Å². The molecule has 18 heavy (non-hydrogen) atoms. The maximum absolute atomic E-state index is 5.33. The molecule has 2 aromatic rings. The first-order valence-electron chi connectivity index (χ1n) is 6.11. The van der Waals surface area contributed by atoms with Gasteiger partial charge in [0.15, 0.2) is 0 Å². The second kappa shape index (κ2) is 5.58. The summed E-state index contributed by atoms with van der Waals surface area (Å²) in [7, 11) is 1.69. The summed E-state index contributed by atoms with van der Waals surface area (Å²) in [4.78, 5) is 0. The number of hydrogen-bond donors (Lipinski definition) is 1. The summed E-state index contributed by atoms with van der Waals surface area (Å²) in [5.41, 5.74) is 1.14. The average molecular weight is 245 g/mol. The van der Waals surface area contributed by atoms with Crippen molar-refractivity contribution in [3.63, 3.8) is 0 Å². The molecule has 4 nitrogen and oxygen atoms in total. The summed E-state index contributed by atoms with van der Waals surface area (Å²) in [6, 6.07) is 10.3. The Labute approximate surface area is 108 Å². The molecule has 1 N–H and O–H groups in total. The minimum absolute atomic E-state index is 0.347. The number of rotatable bonds is 5. The summed E-state index contributed by atoms with van der Waals surface area (Å²) in [5, 5.41) is 7.68. The van der Waals surface area contributed by atoms with Crippen molar-refractivity contribution in [2.75, 3.05) is 12.4 Å². The van der Waals surface area contributed by atoms with Crippen LogP contribution in [0.15, 0.2) is 36.5 Å². The molecule has 1 heterocycles. The second-order valence-electron chi connectivity index (χ2n) is 4.42. The van der Waals surface area contributed by atoms with Crippen LogP contribution in [-0.2, 0) is 6.54 Å². The van der Waals surface area contributed by atoms with E-state index in [1.165, 1.54) is 0 Å². The summed E-state index contributed by atoms with van der Waals surface area (Å²) >= 11 is 0. The maximum Gasteiger partial charge on any atom is 0.124 e. The normalized spacial score (nSPS) is 10.7. The van der Waals surface area contributed by atoms with Crippen molar-refractivity contribution in [3.05, 3.63) is 42.1 Å². The first kappa shape index (κ1) is 12.5. The molecule has 0 saturated heterocycles. The Morgan fingerprint density at radius 3 is 2.78 bits per heavy atom. The lowest BCUT2D eigenvalue weighted by Gasteiger charge is -2.14. The van der Waals surface area contributed by atoms with E-state index in [0.717, 1.165) is 23.7 Å². The summed E-state index contributed by atoms with van der Waals surface area (Å²) in [5.74, 6) is 1.93. The first-order chi connectivity index (χ1) is 8.72. The third-order valence-corrected chi connectivity index (χ3v) is 2.81. The SMILES string of the molecule is COc1ccccc1CNc1ccnn1C(C)C. The molecule has 0 bridgehead atoms. The third-order valence-electron chi connectivity index (χ3n) is 2.81. The van der Waals surface area contributed by atoms with Crippen molar-refractivity contribution in [2.24, 2.45) is 0 Å². The molecule has 1 aromatic carbocycles. The quantitative estimate of drug-likeness (QED) is 0.879. The van der Waals surface area contributed by atoms with Crippen LogP contribution in [0, 0.1) is 0 Å². The van der Waals surface area contributed by atoms with Gasteiger partial charge in [0, 0.05) is 24.2 Å². The zero-order valence-electron chi connectivity index (χ0n) is 11.1. The lowest BCUT2D eigenvalue weighted by atomic mass is 10.2. The van der Waals surface area contributed by atoms with Crippen molar-refractivity contribution >= 4 is 5.82 Å². The van der Waals surface area contributed by atoms with Crippen molar-refractivity contribution < 1.29 is 4.74 Å². The standard InChI is InChI=1S/C14H19N3O/c1-11(2)17-14(8-9-16-17)15-10-12-6-4-5-7-13(12)18-3/h4-9,11,15H,10H2,1-3H3. The maximum atomic E-state index is 5.33. The molecule has 0 aliphatic heterocycles. The van der Waals surface area contributed by atoms with Crippen molar-refractivity contribution in [2.45, 2.75) is 26.4 Å². The van der Waals surface area contributed by atoms with Crippen LogP contribution in [0.5, 0.6) is 5.75 Å². The molecular formula is C14H19N3O. The predicted octanol–water partition coefficient (Wildman–Crippen LogP) is 3.08. The molecule has 96 valence electrons. The molecule has 0 atom stereocenters. The molecule has 2 rings (SSSR count). The Hall–Kier alpha value is -1.97. The van der Waals surface area contributed by atoms with E-state index in [1.54, 1.807) is 7.11 Å². The molecule has 0 aliphatic carbocycles. The van der Waals surface area contributed by atoms with Crippen molar-refractivity contribution in [1.82, 2.24) is 9.78 Å². The van der Waals surface area contributed by atoms with Crippen LogP contribution in [-0.4, -0.2) is 16.9 Å². The lowest BCUT2D eigenvalue weighted by molar-refractivity contribution is 0.410. The van der Waals surface area contributed by atoms with Gasteiger partial charge in [0.05, 0.1) is 13.3 Å². The highest BCUT2D eigenvalue weighted by molar-refractivity contribution is 5.40. The minimum Gasteiger partial charge on any atom is -0.496 e. The zero-order chi connectivity index (χ0) is 13.0. The van der Waals surface area contributed by atoms with Crippen molar-refractivity contribution in [3.8, 4) is 5.75 Å². The molecule has 0 aliphatic rings. The minimum atomic E-state index is 0.347. The molecular weight excluding hydrogens is 226 g/mol. The summed E-state index contributed by atoms with van der Waals surface area (Å²) in [6.45, 7) is 4.95. The molecule has 0 unspecified atom stereocenters. The van der Waals surface area contributed by atoms with Crippen LogP contribution in [0.1, 0.15) is 25.5 Å². The van der Waals surface area contributed by atoms with Crippen LogP contribution in [0.25, 0.3) is 0 Å². The van der Waals surface area contributed by atoms with Crippen LogP contribution in [0.3, 0.4) is 0 Å². The van der Waals surface area contributed by atoms with Crippen LogP contribution in [0.4, 0.5) is 5.82 Å². The number of ether oxygens (including phenoxy) is 1. The largest absolute Gasteiger partial charge is 0.496 e. The van der Waals surface area contributed by atoms with E-state index in [-0.39, 0.29) is 0 Å². The number of anilines is 1. The van der Waals surface area contributed by atoms with Gasteiger partial charge < -0.3 is 10.1 Å². The summed E-state index contributed by atoms with van der Waals surface area (Å²) in [6.07, 6.45) is 1.81. The van der Waals surface area contributed by atoms with Gasteiger partial charge in [-0.3, -0.25) is 0 Å². The molecule has 0 amide bonds. The Bertz CT molecular complexity index is 505. The van der Waals surface area contributed by atoms with Gasteiger partial charge in [0.1, 0.15) is 11.6 Å². The monoisotopic (exact) mass is 245 g/mol. The molecule has 0 saturated carbocycles. The van der Waals surface area contributed by atoms with Crippen LogP contribution in [0.2, 0.25) is 0 Å². The van der Waals surface area contributed by atoms with E-state index in [4.69, 9.17) is 4.74 Å². The number of methoxy groups -OCH3 is 1. The molecule has 4 heteroatoms. The van der Waals surface area contributed by atoms with Gasteiger partial charge in [-0.05, 0) is 19.9 Å². The van der Waals surface area contributed by atoms with Gasteiger partial charge in [0.2, 0.25) is 0 Å². The second-order valence-corrected chi connectivity index (χ2v) is 4.42. The van der Waals surface area contributed by atoms with E-state index >= 15 is 0 Å². The molecule has 0 fully saturated rings. The van der Waals surface area contributed by atoms with Gasteiger partial charge in [-0.2, -0.15) is 5.10 Å². The molecule has 0 radical (unpaired) electrons. The fourth-order valence-electron chi connectivity index (χ4n) is 1.90. The zero-order valence-corrected chi connectivity index (χ0v) is 11.1. The number of benzene rings is 1. The highest BCUT2D eigenvalue weighted by atomic mass is 16.5. The number of hydrogen-bond acceptors (Lipinski definition) is 3. The van der Waals surface area contributed by atoms with Crippen LogP contribution >= 0.6 is 0 Å². The molecule has 0 spiro atoms. The van der Waals surface area contributed by atoms with Gasteiger partial charge in [0.25, 0.3) is 0 Å². The van der Waals surface area contributed by atoms with E-state index in [0.29, 0.717) is 6.04 Å². The fraction of sp³-hybridized carbons (Fsp3) is 0.357. The van der Waals surface area contributed by atoms with Crippen molar-refractivity contribution in [1.29, 1.82) is 0 Å². The first-order valence-corrected chi connectivity index (χ1v) is 6.11. The number of aromatic nitrogens is 2. The van der Waals surface area contributed by atoms with E-state index in [1.807, 2.05) is 35.1 Å². The fourth-order valence-corrected chi connectivity index (χ4v) is 1.90. The molecule has 1 aromatic heterocycles. The Balaban J connectivity index is 2.09. The highest BCUT2D eigenvalue weighted by Gasteiger charge is 2.06. The average Bonchev–Trinajstić information content (AvgIpc) is 2.85. The number of nitrogens with one attached hydrogen (secondary N) is 1. The van der Waals surface area contributed by atoms with E-state index in [9.17, 15) is 0 Å². The van der Waals surface area contributed by atoms with Gasteiger partial charge in [-0.25, -0.2) is 4.68 Å². The third kappa shape index (κ3) is 2.64. The number of nitrogens with zero attached hydrogens (tertiary/aromatic N) is 2. The summed E-state index contributed by atoms with van der Waals surface area (Å²) < 4.78 is 7.30. The smallest absolute Gasteiger partial charge is 0.124 e.